The number of hydrogen-bond acceptors (Lipinski definition) is 4. The lowest BCUT2D eigenvalue weighted by Gasteiger charge is -1.99. The zero-order chi connectivity index (χ0) is 12.3. The van der Waals surface area contributed by atoms with Crippen LogP contribution in [-0.4, -0.2) is 40.0 Å². The number of carboxylic acid groups (broad SMARTS) is 1. The third-order valence-corrected chi connectivity index (χ3v) is 2.24. The molecule has 0 bridgehead atoms. The van der Waals surface area contributed by atoms with Crippen LogP contribution in [0.2, 0.25) is 0 Å². The second-order valence-corrected chi connectivity index (χ2v) is 3.43. The molecule has 0 saturated carbocycles. The largest absolute Gasteiger partial charge is 0.480 e. The zero-order valence-corrected chi connectivity index (χ0v) is 8.84. The monoisotopic (exact) mass is 234 g/mol. The molecule has 0 radical (unpaired) electrons. The highest BCUT2D eigenvalue weighted by Crippen LogP contribution is 2.16. The summed E-state index contributed by atoms with van der Waals surface area (Å²) in [6, 6.07) is 1.75. The van der Waals surface area contributed by atoms with Crippen molar-refractivity contribution in [3.63, 3.8) is 0 Å². The van der Waals surface area contributed by atoms with Crippen molar-refractivity contribution in [1.82, 2.24) is 9.97 Å². The number of pyridine rings is 1. The number of carboxylic acids is 1. The minimum absolute atomic E-state index is 0.256. The quantitative estimate of drug-likeness (QED) is 0.748. The molecule has 6 heteroatoms. The first kappa shape index (κ1) is 11.3. The number of hydrogen-bond donors (Lipinski definition) is 2. The Hall–Kier alpha value is -2.21. The van der Waals surface area contributed by atoms with Crippen molar-refractivity contribution in [2.45, 2.75) is 0 Å². The van der Waals surface area contributed by atoms with Gasteiger partial charge in [0.2, 0.25) is 0 Å². The molecule has 0 aliphatic rings. The molecule has 6 nitrogen and oxygen atoms in total. The van der Waals surface area contributed by atoms with E-state index in [4.69, 9.17) is 9.84 Å². The van der Waals surface area contributed by atoms with E-state index in [2.05, 4.69) is 9.97 Å². The number of ether oxygens (including phenoxy) is 1. The predicted molar refractivity (Wildman–Crippen MR) is 58.9 cm³/mol. The van der Waals surface area contributed by atoms with Crippen LogP contribution in [0.5, 0.6) is 0 Å². The number of nitrogens with zero attached hydrogens (tertiary/aromatic N) is 1. The number of nitrogens with one attached hydrogen (secondary N) is 1. The van der Waals surface area contributed by atoms with Crippen LogP contribution in [0.1, 0.15) is 10.4 Å². The van der Waals surface area contributed by atoms with Gasteiger partial charge in [-0.2, -0.15) is 0 Å². The molecule has 0 aliphatic carbocycles. The third-order valence-electron chi connectivity index (χ3n) is 2.24. The van der Waals surface area contributed by atoms with E-state index in [1.165, 1.54) is 0 Å². The van der Waals surface area contributed by atoms with Gasteiger partial charge in [0, 0.05) is 35.1 Å². The molecular formula is C11H10N2O4. The summed E-state index contributed by atoms with van der Waals surface area (Å²) in [5.41, 5.74) is 1.26. The molecule has 2 N–H and O–H groups in total. The topological polar surface area (TPSA) is 92.3 Å². The first-order chi connectivity index (χ1) is 8.18. The molecular weight excluding hydrogens is 224 g/mol. The maximum absolute atomic E-state index is 11.7. The molecule has 0 amide bonds. The fourth-order valence-corrected chi connectivity index (χ4v) is 1.50. The number of fused-ring (bicyclic) bond motifs is 1. The molecule has 2 rings (SSSR count). The molecule has 2 aromatic heterocycles. The van der Waals surface area contributed by atoms with E-state index in [-0.39, 0.29) is 12.4 Å². The minimum Gasteiger partial charge on any atom is -0.480 e. The molecule has 17 heavy (non-hydrogen) atoms. The fraction of sp³-hybridized carbons (Fsp3) is 0.182. The molecule has 0 fully saturated rings. The first-order valence-electron chi connectivity index (χ1n) is 4.92. The van der Waals surface area contributed by atoms with Gasteiger partial charge in [-0.05, 0) is 6.07 Å². The standard InChI is InChI=1S/C11H10N2O4/c14-10(5-17-6-11(15)16)8-4-13-9-1-2-12-3-7(8)9/h1-4,13H,5-6H2,(H,15,16). The van der Waals surface area contributed by atoms with Gasteiger partial charge in [-0.25, -0.2) is 4.79 Å². The molecule has 2 aromatic rings. The van der Waals surface area contributed by atoms with Crippen molar-refractivity contribution in [3.8, 4) is 0 Å². The Balaban J connectivity index is 2.11. The summed E-state index contributed by atoms with van der Waals surface area (Å²) < 4.78 is 4.75. The van der Waals surface area contributed by atoms with E-state index in [1.807, 2.05) is 0 Å². The molecule has 0 saturated heterocycles. The summed E-state index contributed by atoms with van der Waals surface area (Å²) in [7, 11) is 0. The van der Waals surface area contributed by atoms with E-state index in [1.54, 1.807) is 24.7 Å². The van der Waals surface area contributed by atoms with Gasteiger partial charge in [0.05, 0.1) is 0 Å². The number of rotatable bonds is 5. The van der Waals surface area contributed by atoms with E-state index in [9.17, 15) is 9.59 Å². The van der Waals surface area contributed by atoms with E-state index >= 15 is 0 Å². The molecule has 88 valence electrons. The van der Waals surface area contributed by atoms with Gasteiger partial charge in [-0.3, -0.25) is 9.78 Å². The van der Waals surface area contributed by atoms with Crippen molar-refractivity contribution >= 4 is 22.7 Å². The number of aromatic amines is 1. The van der Waals surface area contributed by atoms with Crippen LogP contribution in [-0.2, 0) is 9.53 Å². The van der Waals surface area contributed by atoms with Crippen LogP contribution in [0.25, 0.3) is 10.9 Å². The van der Waals surface area contributed by atoms with Crippen LogP contribution in [0.15, 0.2) is 24.7 Å². The molecule has 2 heterocycles. The second kappa shape index (κ2) is 4.75. The Morgan fingerprint density at radius 3 is 3.00 bits per heavy atom. The van der Waals surface area contributed by atoms with Crippen LogP contribution in [0.4, 0.5) is 0 Å². The summed E-state index contributed by atoms with van der Waals surface area (Å²) >= 11 is 0. The van der Waals surface area contributed by atoms with Gasteiger partial charge in [0.15, 0.2) is 5.78 Å². The molecule has 0 spiro atoms. The van der Waals surface area contributed by atoms with Crippen LogP contribution < -0.4 is 0 Å². The van der Waals surface area contributed by atoms with Crippen LogP contribution in [0, 0.1) is 0 Å². The summed E-state index contributed by atoms with van der Waals surface area (Å²) in [5.74, 6) is -1.37. The maximum atomic E-state index is 11.7. The SMILES string of the molecule is O=C(O)COCC(=O)c1c[nH]c2ccncc12. The maximum Gasteiger partial charge on any atom is 0.329 e. The zero-order valence-electron chi connectivity index (χ0n) is 8.84. The highest BCUT2D eigenvalue weighted by Gasteiger charge is 2.12. The van der Waals surface area contributed by atoms with Gasteiger partial charge >= 0.3 is 5.97 Å². The average molecular weight is 234 g/mol. The Bertz CT molecular complexity index is 561. The third kappa shape index (κ3) is 2.48. The lowest BCUT2D eigenvalue weighted by atomic mass is 10.1. The van der Waals surface area contributed by atoms with Gasteiger partial charge < -0.3 is 14.8 Å². The number of aromatic nitrogens is 2. The fourth-order valence-electron chi connectivity index (χ4n) is 1.50. The van der Waals surface area contributed by atoms with Gasteiger partial charge in [0.25, 0.3) is 0 Å². The number of carbonyl (C=O) groups excluding carboxylic acids is 1. The van der Waals surface area contributed by atoms with Crippen molar-refractivity contribution in [2.75, 3.05) is 13.2 Å². The Kier molecular flexibility index (Phi) is 3.15. The molecule has 0 aliphatic heterocycles. The summed E-state index contributed by atoms with van der Waals surface area (Å²) in [6.45, 7) is -0.736. The Morgan fingerprint density at radius 1 is 1.41 bits per heavy atom. The number of carbonyl (C=O) groups is 2. The minimum atomic E-state index is -1.10. The number of H-pyrrole nitrogens is 1. The summed E-state index contributed by atoms with van der Waals surface area (Å²) in [5, 5.41) is 9.08. The molecule has 0 atom stereocenters. The van der Waals surface area contributed by atoms with Crippen molar-refractivity contribution in [2.24, 2.45) is 0 Å². The smallest absolute Gasteiger partial charge is 0.329 e. The van der Waals surface area contributed by atoms with Crippen molar-refractivity contribution in [3.05, 3.63) is 30.2 Å². The summed E-state index contributed by atoms with van der Waals surface area (Å²) in [6.07, 6.45) is 4.77. The van der Waals surface area contributed by atoms with Crippen molar-refractivity contribution < 1.29 is 19.4 Å². The summed E-state index contributed by atoms with van der Waals surface area (Å²) in [4.78, 5) is 28.8. The molecule has 0 unspecified atom stereocenters. The highest BCUT2D eigenvalue weighted by molar-refractivity contribution is 6.08. The highest BCUT2D eigenvalue weighted by atomic mass is 16.5. The average Bonchev–Trinajstić information content (AvgIpc) is 2.72. The van der Waals surface area contributed by atoms with Crippen LogP contribution in [0.3, 0.4) is 0 Å². The molecule has 0 aromatic carbocycles. The number of aliphatic carboxylic acids is 1. The van der Waals surface area contributed by atoms with Gasteiger partial charge in [0.1, 0.15) is 13.2 Å². The first-order valence-corrected chi connectivity index (χ1v) is 4.92. The van der Waals surface area contributed by atoms with E-state index in [0.29, 0.717) is 10.9 Å². The Morgan fingerprint density at radius 2 is 2.24 bits per heavy atom. The second-order valence-electron chi connectivity index (χ2n) is 3.43. The van der Waals surface area contributed by atoms with Crippen molar-refractivity contribution in [1.29, 1.82) is 0 Å². The van der Waals surface area contributed by atoms with Gasteiger partial charge in [-0.1, -0.05) is 0 Å². The van der Waals surface area contributed by atoms with E-state index < -0.39 is 12.6 Å². The number of Topliss-reactive ketones (excluding diaryl/α,β-unsaturated/α-hetero) is 1. The normalized spacial score (nSPS) is 10.6. The number of ketones is 1. The Labute approximate surface area is 96.2 Å². The van der Waals surface area contributed by atoms with Gasteiger partial charge in [-0.15, -0.1) is 0 Å². The lowest BCUT2D eigenvalue weighted by molar-refractivity contribution is -0.141. The lowest BCUT2D eigenvalue weighted by Crippen LogP contribution is -2.14. The predicted octanol–water partition coefficient (Wildman–Crippen LogP) is 0.847. The van der Waals surface area contributed by atoms with Crippen LogP contribution >= 0.6 is 0 Å². The van der Waals surface area contributed by atoms with E-state index in [0.717, 1.165) is 5.52 Å².